The number of imidazole rings is 1. The number of hydrogen-bond donors (Lipinski definition) is 1. The number of hydrogen-bond acceptors (Lipinski definition) is 4. The Morgan fingerprint density at radius 3 is 3.04 bits per heavy atom. The van der Waals surface area contributed by atoms with Crippen molar-refractivity contribution in [3.05, 3.63) is 58.6 Å². The number of benzene rings is 2. The molecule has 0 spiro atoms. The van der Waals surface area contributed by atoms with Gasteiger partial charge in [-0.3, -0.25) is 9.69 Å². The molecule has 3 aromatic rings. The van der Waals surface area contributed by atoms with Crippen LogP contribution in [-0.4, -0.2) is 40.9 Å². The highest BCUT2D eigenvalue weighted by atomic mass is 35.5. The molecule has 0 saturated carbocycles. The van der Waals surface area contributed by atoms with Crippen LogP contribution < -0.4 is 4.74 Å². The van der Waals surface area contributed by atoms with E-state index in [4.69, 9.17) is 16.3 Å². The molecule has 28 heavy (non-hydrogen) atoms. The van der Waals surface area contributed by atoms with Crippen LogP contribution in [0.4, 0.5) is 4.39 Å². The number of ether oxygens (including phenoxy) is 1. The third-order valence-electron chi connectivity index (χ3n) is 5.17. The van der Waals surface area contributed by atoms with Crippen molar-refractivity contribution in [1.82, 2.24) is 14.9 Å². The number of piperidine rings is 1. The van der Waals surface area contributed by atoms with Crippen molar-refractivity contribution in [2.75, 3.05) is 20.2 Å². The number of rotatable bonds is 5. The Morgan fingerprint density at radius 2 is 2.21 bits per heavy atom. The largest absolute Gasteiger partial charge is 0.496 e. The fraction of sp³-hybridized carbons (Fsp3) is 0.333. The number of Topliss-reactive ketones (excluding diaryl/α,β-unsaturated/α-hetero) is 1. The van der Waals surface area contributed by atoms with Gasteiger partial charge in [0.15, 0.2) is 5.78 Å². The molecule has 1 aliphatic rings. The lowest BCUT2D eigenvalue weighted by Gasteiger charge is -2.31. The highest BCUT2D eigenvalue weighted by molar-refractivity contribution is 6.31. The third-order valence-corrected chi connectivity index (χ3v) is 5.40. The number of aromatic nitrogens is 2. The van der Waals surface area contributed by atoms with Crippen LogP contribution in [0.25, 0.3) is 11.0 Å². The number of nitrogens with one attached hydrogen (secondary N) is 1. The molecule has 0 amide bonds. The number of carbonyl (C=O) groups is 1. The third kappa shape index (κ3) is 3.88. The van der Waals surface area contributed by atoms with Gasteiger partial charge in [0.2, 0.25) is 0 Å². The molecule has 4 rings (SSSR count). The number of aromatic amines is 1. The van der Waals surface area contributed by atoms with E-state index in [0.29, 0.717) is 34.9 Å². The monoisotopic (exact) mass is 401 g/mol. The van der Waals surface area contributed by atoms with Gasteiger partial charge in [0.25, 0.3) is 0 Å². The van der Waals surface area contributed by atoms with Crippen LogP contribution in [0.1, 0.15) is 29.0 Å². The maximum absolute atomic E-state index is 13.4. The molecule has 1 atom stereocenters. The number of H-pyrrole nitrogens is 1. The van der Waals surface area contributed by atoms with Gasteiger partial charge in [-0.15, -0.1) is 0 Å². The predicted molar refractivity (Wildman–Crippen MR) is 106 cm³/mol. The van der Waals surface area contributed by atoms with Crippen LogP contribution in [-0.2, 0) is 6.54 Å². The normalized spacial score (nSPS) is 17.8. The summed E-state index contributed by atoms with van der Waals surface area (Å²) in [7, 11) is 1.55. The maximum Gasteiger partial charge on any atom is 0.170 e. The molecule has 0 aliphatic carbocycles. The van der Waals surface area contributed by atoms with Gasteiger partial charge in [-0.2, -0.15) is 0 Å². The molecule has 2 aromatic carbocycles. The van der Waals surface area contributed by atoms with E-state index in [9.17, 15) is 9.18 Å². The van der Waals surface area contributed by atoms with Crippen LogP contribution in [0.5, 0.6) is 5.75 Å². The van der Waals surface area contributed by atoms with Crippen LogP contribution in [0, 0.1) is 11.7 Å². The first-order chi connectivity index (χ1) is 13.5. The SMILES string of the molecule is COc1ccc(Cl)cc1C(=O)[C@@H]1CCCN(Cc2nc3ccc(F)cc3[nH]2)C1. The molecule has 146 valence electrons. The van der Waals surface area contributed by atoms with Gasteiger partial charge in [0.1, 0.15) is 17.4 Å². The zero-order chi connectivity index (χ0) is 19.7. The van der Waals surface area contributed by atoms with Gasteiger partial charge < -0.3 is 9.72 Å². The quantitative estimate of drug-likeness (QED) is 0.641. The lowest BCUT2D eigenvalue weighted by atomic mass is 9.89. The van der Waals surface area contributed by atoms with E-state index in [1.807, 2.05) is 0 Å². The molecule has 0 bridgehead atoms. The van der Waals surface area contributed by atoms with Crippen LogP contribution in [0.2, 0.25) is 5.02 Å². The standard InChI is InChI=1S/C21H21ClFN3O2/c1-28-19-7-4-14(22)9-16(19)21(27)13-3-2-8-26(11-13)12-20-24-17-6-5-15(23)10-18(17)25-20/h4-7,9-10,13H,2-3,8,11-12H2,1H3,(H,24,25)/t13-/m1/s1. The van der Waals surface area contributed by atoms with Gasteiger partial charge in [0.05, 0.1) is 30.3 Å². The second-order valence-corrected chi connectivity index (χ2v) is 7.56. The molecule has 5 nitrogen and oxygen atoms in total. The van der Waals surface area contributed by atoms with Crippen LogP contribution in [0.3, 0.4) is 0 Å². The molecule has 1 fully saturated rings. The van der Waals surface area contributed by atoms with Crippen molar-refractivity contribution in [3.63, 3.8) is 0 Å². The summed E-state index contributed by atoms with van der Waals surface area (Å²) in [6.45, 7) is 2.12. The number of fused-ring (bicyclic) bond motifs is 1. The van der Waals surface area contributed by atoms with E-state index < -0.39 is 0 Å². The van der Waals surface area contributed by atoms with E-state index in [1.165, 1.54) is 12.1 Å². The number of halogens is 2. The molecule has 0 unspecified atom stereocenters. The van der Waals surface area contributed by atoms with Crippen molar-refractivity contribution in [3.8, 4) is 5.75 Å². The Bertz CT molecular complexity index is 1020. The maximum atomic E-state index is 13.4. The molecule has 2 heterocycles. The highest BCUT2D eigenvalue weighted by Gasteiger charge is 2.29. The first-order valence-electron chi connectivity index (χ1n) is 9.28. The Morgan fingerprint density at radius 1 is 1.36 bits per heavy atom. The second kappa shape index (κ2) is 7.89. The summed E-state index contributed by atoms with van der Waals surface area (Å²) < 4.78 is 18.7. The van der Waals surface area contributed by atoms with E-state index in [1.54, 1.807) is 31.4 Å². The topological polar surface area (TPSA) is 58.2 Å². The summed E-state index contributed by atoms with van der Waals surface area (Å²) in [4.78, 5) is 23.0. The van der Waals surface area contributed by atoms with Gasteiger partial charge in [-0.25, -0.2) is 9.37 Å². The first-order valence-corrected chi connectivity index (χ1v) is 9.65. The summed E-state index contributed by atoms with van der Waals surface area (Å²) in [5.41, 5.74) is 1.95. The minimum absolute atomic E-state index is 0.0516. The zero-order valence-electron chi connectivity index (χ0n) is 15.5. The summed E-state index contributed by atoms with van der Waals surface area (Å²) in [6.07, 6.45) is 1.75. The molecule has 7 heteroatoms. The number of carbonyl (C=O) groups excluding carboxylic acids is 1. The van der Waals surface area contributed by atoms with Gasteiger partial charge in [-0.1, -0.05) is 11.6 Å². The fourth-order valence-electron chi connectivity index (χ4n) is 3.83. The predicted octanol–water partition coefficient (Wildman–Crippen LogP) is 4.46. The summed E-state index contributed by atoms with van der Waals surface area (Å²) in [5, 5.41) is 0.520. The second-order valence-electron chi connectivity index (χ2n) is 7.13. The Balaban J connectivity index is 1.49. The lowest BCUT2D eigenvalue weighted by molar-refractivity contribution is 0.0806. The zero-order valence-corrected chi connectivity index (χ0v) is 16.3. The molecular weight excluding hydrogens is 381 g/mol. The summed E-state index contributed by atoms with van der Waals surface area (Å²) in [6, 6.07) is 9.63. The van der Waals surface area contributed by atoms with Gasteiger partial charge >= 0.3 is 0 Å². The van der Waals surface area contributed by atoms with E-state index in [-0.39, 0.29) is 17.5 Å². The van der Waals surface area contributed by atoms with Crippen molar-refractivity contribution in [2.45, 2.75) is 19.4 Å². The Hall–Kier alpha value is -2.44. The van der Waals surface area contributed by atoms with Crippen LogP contribution >= 0.6 is 11.6 Å². The number of ketones is 1. The molecular formula is C21H21ClFN3O2. The molecule has 1 N–H and O–H groups in total. The highest BCUT2D eigenvalue weighted by Crippen LogP contribution is 2.29. The Kier molecular flexibility index (Phi) is 5.33. The summed E-state index contributed by atoms with van der Waals surface area (Å²) >= 11 is 6.09. The first kappa shape index (κ1) is 18.9. The lowest BCUT2D eigenvalue weighted by Crippen LogP contribution is -2.38. The average molecular weight is 402 g/mol. The fourth-order valence-corrected chi connectivity index (χ4v) is 4.00. The number of nitrogens with zero attached hydrogens (tertiary/aromatic N) is 2. The van der Waals surface area contributed by atoms with Crippen LogP contribution in [0.15, 0.2) is 36.4 Å². The molecule has 1 saturated heterocycles. The Labute approximate surface area is 167 Å². The van der Waals surface area contributed by atoms with Crippen molar-refractivity contribution >= 4 is 28.4 Å². The molecule has 1 aromatic heterocycles. The van der Waals surface area contributed by atoms with Crippen molar-refractivity contribution < 1.29 is 13.9 Å². The van der Waals surface area contributed by atoms with Gasteiger partial charge in [0, 0.05) is 17.5 Å². The molecule has 1 aliphatic heterocycles. The summed E-state index contributed by atoms with van der Waals surface area (Å²) in [5.74, 6) is 0.959. The molecule has 0 radical (unpaired) electrons. The smallest absolute Gasteiger partial charge is 0.170 e. The van der Waals surface area contributed by atoms with Crippen molar-refractivity contribution in [2.24, 2.45) is 5.92 Å². The van der Waals surface area contributed by atoms with Crippen molar-refractivity contribution in [1.29, 1.82) is 0 Å². The van der Waals surface area contributed by atoms with E-state index >= 15 is 0 Å². The number of likely N-dealkylation sites (tertiary alicyclic amines) is 1. The van der Waals surface area contributed by atoms with E-state index in [0.717, 1.165) is 30.7 Å². The number of methoxy groups -OCH3 is 1. The minimum Gasteiger partial charge on any atom is -0.496 e. The average Bonchev–Trinajstić information content (AvgIpc) is 3.08. The minimum atomic E-state index is -0.290. The van der Waals surface area contributed by atoms with Gasteiger partial charge in [-0.05, 0) is 55.8 Å². The van der Waals surface area contributed by atoms with E-state index in [2.05, 4.69) is 14.9 Å².